The molecular formula is C19H28ClN3O3. The summed E-state index contributed by atoms with van der Waals surface area (Å²) < 4.78 is 5.75. The number of hydrogen-bond donors (Lipinski definition) is 3. The van der Waals surface area contributed by atoms with Gasteiger partial charge in [-0.05, 0) is 62.3 Å². The first-order valence-corrected chi connectivity index (χ1v) is 9.07. The number of nitrogens with two attached hydrogens (primary N) is 1. The number of carbonyl (C=O) groups is 2. The van der Waals surface area contributed by atoms with E-state index in [4.69, 9.17) is 10.5 Å². The molecule has 0 aromatic heterocycles. The normalized spacial score (nSPS) is 18.0. The van der Waals surface area contributed by atoms with Gasteiger partial charge in [0.2, 0.25) is 11.8 Å². The molecule has 1 heterocycles. The predicted octanol–water partition coefficient (Wildman–Crippen LogP) is 2.40. The van der Waals surface area contributed by atoms with E-state index >= 15 is 0 Å². The van der Waals surface area contributed by atoms with Crippen molar-refractivity contribution < 1.29 is 14.3 Å². The molecule has 1 saturated carbocycles. The van der Waals surface area contributed by atoms with Gasteiger partial charge in [-0.1, -0.05) is 0 Å². The Morgan fingerprint density at radius 2 is 2.15 bits per heavy atom. The number of ether oxygens (including phenoxy) is 1. The van der Waals surface area contributed by atoms with Crippen molar-refractivity contribution in [2.24, 2.45) is 11.7 Å². The Bertz CT molecular complexity index is 663. The first-order valence-electron chi connectivity index (χ1n) is 9.07. The van der Waals surface area contributed by atoms with Gasteiger partial charge in [-0.15, -0.1) is 12.4 Å². The van der Waals surface area contributed by atoms with E-state index in [0.29, 0.717) is 38.3 Å². The maximum absolute atomic E-state index is 12.1. The van der Waals surface area contributed by atoms with Crippen LogP contribution in [-0.2, 0) is 16.0 Å². The smallest absolute Gasteiger partial charge is 0.224 e. The van der Waals surface area contributed by atoms with E-state index in [1.165, 1.54) is 0 Å². The van der Waals surface area contributed by atoms with Crippen LogP contribution < -0.4 is 21.1 Å². The number of hydrogen-bond acceptors (Lipinski definition) is 4. The fourth-order valence-electron chi connectivity index (χ4n) is 3.29. The van der Waals surface area contributed by atoms with Gasteiger partial charge in [0.1, 0.15) is 5.75 Å². The lowest BCUT2D eigenvalue weighted by Crippen LogP contribution is -2.53. The molecule has 6 nitrogen and oxygen atoms in total. The summed E-state index contributed by atoms with van der Waals surface area (Å²) in [5.41, 5.74) is 7.52. The predicted molar refractivity (Wildman–Crippen MR) is 104 cm³/mol. The number of benzene rings is 1. The van der Waals surface area contributed by atoms with Crippen molar-refractivity contribution in [2.75, 3.05) is 18.5 Å². The molecule has 3 rings (SSSR count). The summed E-state index contributed by atoms with van der Waals surface area (Å²) in [6.45, 7) is 3.00. The number of fused-ring (bicyclic) bond motifs is 1. The summed E-state index contributed by atoms with van der Waals surface area (Å²) in [6.07, 6.45) is 4.64. The Morgan fingerprint density at radius 1 is 1.38 bits per heavy atom. The Morgan fingerprint density at radius 3 is 2.85 bits per heavy atom. The zero-order valence-electron chi connectivity index (χ0n) is 15.2. The van der Waals surface area contributed by atoms with Crippen LogP contribution in [0.5, 0.6) is 5.75 Å². The van der Waals surface area contributed by atoms with Gasteiger partial charge < -0.3 is 21.1 Å². The van der Waals surface area contributed by atoms with Crippen molar-refractivity contribution in [1.29, 1.82) is 0 Å². The monoisotopic (exact) mass is 381 g/mol. The number of amides is 2. The van der Waals surface area contributed by atoms with Gasteiger partial charge in [-0.3, -0.25) is 9.59 Å². The van der Waals surface area contributed by atoms with Crippen LogP contribution in [0.1, 0.15) is 44.6 Å². The highest BCUT2D eigenvalue weighted by molar-refractivity contribution is 5.94. The van der Waals surface area contributed by atoms with Crippen LogP contribution in [0.3, 0.4) is 0 Å². The lowest BCUT2D eigenvalue weighted by molar-refractivity contribution is -0.123. The second-order valence-corrected chi connectivity index (χ2v) is 7.26. The molecule has 26 heavy (non-hydrogen) atoms. The van der Waals surface area contributed by atoms with E-state index in [1.807, 2.05) is 25.1 Å². The van der Waals surface area contributed by atoms with Crippen LogP contribution in [-0.4, -0.2) is 30.5 Å². The van der Waals surface area contributed by atoms with E-state index in [-0.39, 0.29) is 29.8 Å². The second-order valence-electron chi connectivity index (χ2n) is 7.26. The number of rotatable bonds is 8. The zero-order chi connectivity index (χ0) is 17.9. The molecule has 1 aliphatic heterocycles. The second kappa shape index (κ2) is 8.73. The fourth-order valence-corrected chi connectivity index (χ4v) is 3.29. The number of anilines is 1. The summed E-state index contributed by atoms with van der Waals surface area (Å²) in [5.74, 6) is 1.40. The average Bonchev–Trinajstić information content (AvgIpc) is 3.44. The van der Waals surface area contributed by atoms with Crippen LogP contribution in [0.2, 0.25) is 0 Å². The number of halogens is 1. The van der Waals surface area contributed by atoms with Crippen LogP contribution in [0.15, 0.2) is 18.2 Å². The molecule has 2 aliphatic rings. The largest absolute Gasteiger partial charge is 0.494 e. The lowest BCUT2D eigenvalue weighted by atomic mass is 9.95. The van der Waals surface area contributed by atoms with Crippen molar-refractivity contribution in [3.63, 3.8) is 0 Å². The Balaban J connectivity index is 0.00000243. The molecule has 4 N–H and O–H groups in total. The fraction of sp³-hybridized carbons (Fsp3) is 0.579. The Labute approximate surface area is 160 Å². The number of carbonyl (C=O) groups excluding carboxylic acids is 2. The molecule has 1 aromatic carbocycles. The van der Waals surface area contributed by atoms with Crippen molar-refractivity contribution in [2.45, 2.75) is 51.0 Å². The highest BCUT2D eigenvalue weighted by atomic mass is 35.5. The molecule has 1 aromatic rings. The highest BCUT2D eigenvalue weighted by Gasteiger charge is 2.41. The van der Waals surface area contributed by atoms with E-state index in [2.05, 4.69) is 10.6 Å². The van der Waals surface area contributed by atoms with Gasteiger partial charge in [-0.25, -0.2) is 0 Å². The van der Waals surface area contributed by atoms with E-state index in [1.54, 1.807) is 0 Å². The summed E-state index contributed by atoms with van der Waals surface area (Å²) in [4.78, 5) is 23.5. The van der Waals surface area contributed by atoms with Gasteiger partial charge in [0.25, 0.3) is 0 Å². The summed E-state index contributed by atoms with van der Waals surface area (Å²) in [7, 11) is 0. The minimum Gasteiger partial charge on any atom is -0.494 e. The third kappa shape index (κ3) is 5.11. The average molecular weight is 382 g/mol. The highest BCUT2D eigenvalue weighted by Crippen LogP contribution is 2.39. The lowest BCUT2D eigenvalue weighted by Gasteiger charge is -2.29. The molecule has 0 radical (unpaired) electrons. The zero-order valence-corrected chi connectivity index (χ0v) is 16.0. The van der Waals surface area contributed by atoms with Crippen molar-refractivity contribution >= 4 is 29.9 Å². The van der Waals surface area contributed by atoms with Crippen molar-refractivity contribution in [3.05, 3.63) is 23.8 Å². The van der Waals surface area contributed by atoms with Crippen LogP contribution in [0.25, 0.3) is 0 Å². The van der Waals surface area contributed by atoms with E-state index < -0.39 is 0 Å². The quantitative estimate of drug-likeness (QED) is 0.603. The molecular weight excluding hydrogens is 354 g/mol. The third-order valence-corrected chi connectivity index (χ3v) is 5.12. The SMILES string of the molecule is CC(CN)(NC(=O)CCCOc1ccc2c(c1)CCC(=O)N2)C1CC1.Cl. The third-order valence-electron chi connectivity index (χ3n) is 5.12. The van der Waals surface area contributed by atoms with Crippen LogP contribution >= 0.6 is 12.4 Å². The van der Waals surface area contributed by atoms with E-state index in [0.717, 1.165) is 36.3 Å². The molecule has 7 heteroatoms. The summed E-state index contributed by atoms with van der Waals surface area (Å²) in [5, 5.41) is 5.94. The molecule has 0 bridgehead atoms. The van der Waals surface area contributed by atoms with E-state index in [9.17, 15) is 9.59 Å². The first-order chi connectivity index (χ1) is 12.0. The first kappa shape index (κ1) is 20.5. The number of nitrogens with one attached hydrogen (secondary N) is 2. The topological polar surface area (TPSA) is 93.4 Å². The minimum atomic E-state index is -0.263. The molecule has 2 amide bonds. The molecule has 1 atom stereocenters. The van der Waals surface area contributed by atoms with Gasteiger partial charge in [0.15, 0.2) is 0 Å². The Hall–Kier alpha value is -1.79. The standard InChI is InChI=1S/C19H27N3O3.ClH/c1-19(12-20,14-5-6-14)22-18(24)3-2-10-25-15-7-8-16-13(11-15)4-9-17(23)21-16;/h7-8,11,14H,2-6,9-10,12,20H2,1H3,(H,21,23)(H,22,24);1H. The van der Waals surface area contributed by atoms with Crippen molar-refractivity contribution in [1.82, 2.24) is 5.32 Å². The molecule has 1 unspecified atom stereocenters. The number of aryl methyl sites for hydroxylation is 1. The van der Waals surface area contributed by atoms with Crippen molar-refractivity contribution in [3.8, 4) is 5.75 Å². The van der Waals surface area contributed by atoms with Gasteiger partial charge >= 0.3 is 0 Å². The molecule has 0 saturated heterocycles. The van der Waals surface area contributed by atoms with Gasteiger partial charge in [-0.2, -0.15) is 0 Å². The maximum atomic E-state index is 12.1. The maximum Gasteiger partial charge on any atom is 0.224 e. The molecule has 144 valence electrons. The Kier molecular flexibility index (Phi) is 6.89. The van der Waals surface area contributed by atoms with Gasteiger partial charge in [0.05, 0.1) is 12.1 Å². The summed E-state index contributed by atoms with van der Waals surface area (Å²) in [6, 6.07) is 5.69. The van der Waals surface area contributed by atoms with Gasteiger partial charge in [0, 0.05) is 25.1 Å². The minimum absolute atomic E-state index is 0. The van der Waals surface area contributed by atoms with Crippen LogP contribution in [0.4, 0.5) is 5.69 Å². The molecule has 1 aliphatic carbocycles. The van der Waals surface area contributed by atoms with Crippen LogP contribution in [0, 0.1) is 5.92 Å². The molecule has 0 spiro atoms. The molecule has 1 fully saturated rings. The summed E-state index contributed by atoms with van der Waals surface area (Å²) >= 11 is 0.